The molecule has 118 valence electrons. The van der Waals surface area contributed by atoms with E-state index in [9.17, 15) is 0 Å². The van der Waals surface area contributed by atoms with Gasteiger partial charge in [0.15, 0.2) is 0 Å². The standard InChI is InChI=1S/C17H27BrN2O/c1-3-8-19-12-14-6-9-20(10-7-14)13-15-4-5-17(21-2)16(18)11-15/h4-5,11,14,19H,3,6-10,12-13H2,1-2H3. The van der Waals surface area contributed by atoms with Crippen LogP contribution in [-0.2, 0) is 6.54 Å². The molecular weight excluding hydrogens is 328 g/mol. The largest absolute Gasteiger partial charge is 0.496 e. The molecule has 1 aliphatic heterocycles. The van der Waals surface area contributed by atoms with Crippen LogP contribution in [0.3, 0.4) is 0 Å². The molecule has 0 atom stereocenters. The Morgan fingerprint density at radius 2 is 2.10 bits per heavy atom. The number of nitrogens with zero attached hydrogens (tertiary/aromatic N) is 1. The summed E-state index contributed by atoms with van der Waals surface area (Å²) in [5, 5.41) is 3.55. The van der Waals surface area contributed by atoms with Crippen LogP contribution in [0.5, 0.6) is 5.75 Å². The average Bonchev–Trinajstić information content (AvgIpc) is 2.49. The van der Waals surface area contributed by atoms with Crippen molar-refractivity contribution in [1.82, 2.24) is 10.2 Å². The van der Waals surface area contributed by atoms with Crippen molar-refractivity contribution in [2.45, 2.75) is 32.7 Å². The first-order chi connectivity index (χ1) is 10.2. The fourth-order valence-electron chi connectivity index (χ4n) is 2.90. The van der Waals surface area contributed by atoms with Crippen molar-refractivity contribution in [1.29, 1.82) is 0 Å². The van der Waals surface area contributed by atoms with Crippen LogP contribution < -0.4 is 10.1 Å². The second-order valence-electron chi connectivity index (χ2n) is 5.89. The summed E-state index contributed by atoms with van der Waals surface area (Å²) in [5.41, 5.74) is 1.35. The smallest absolute Gasteiger partial charge is 0.133 e. The first-order valence-corrected chi connectivity index (χ1v) is 8.77. The summed E-state index contributed by atoms with van der Waals surface area (Å²) in [6, 6.07) is 6.38. The Morgan fingerprint density at radius 3 is 2.71 bits per heavy atom. The molecule has 0 aliphatic carbocycles. The van der Waals surface area contributed by atoms with Gasteiger partial charge in [0, 0.05) is 6.54 Å². The third kappa shape index (κ3) is 5.28. The summed E-state index contributed by atoms with van der Waals surface area (Å²) in [6.45, 7) is 8.03. The Morgan fingerprint density at radius 1 is 1.33 bits per heavy atom. The lowest BCUT2D eigenvalue weighted by molar-refractivity contribution is 0.175. The van der Waals surface area contributed by atoms with Crippen LogP contribution in [-0.4, -0.2) is 38.2 Å². The number of ether oxygens (including phenoxy) is 1. The van der Waals surface area contributed by atoms with Gasteiger partial charge in [-0.3, -0.25) is 4.90 Å². The number of benzene rings is 1. The highest BCUT2D eigenvalue weighted by Crippen LogP contribution is 2.27. The molecule has 1 fully saturated rings. The van der Waals surface area contributed by atoms with Gasteiger partial charge in [0.1, 0.15) is 5.75 Å². The molecule has 0 unspecified atom stereocenters. The predicted octanol–water partition coefficient (Wildman–Crippen LogP) is 3.67. The molecule has 1 aromatic carbocycles. The van der Waals surface area contributed by atoms with E-state index in [4.69, 9.17) is 4.74 Å². The van der Waals surface area contributed by atoms with Crippen LogP contribution in [0.2, 0.25) is 0 Å². The molecular formula is C17H27BrN2O. The molecule has 0 bridgehead atoms. The van der Waals surface area contributed by atoms with Gasteiger partial charge in [0.05, 0.1) is 11.6 Å². The molecule has 0 radical (unpaired) electrons. The molecule has 1 aromatic rings. The van der Waals surface area contributed by atoms with Crippen LogP contribution in [0, 0.1) is 5.92 Å². The first-order valence-electron chi connectivity index (χ1n) is 7.98. The molecule has 0 spiro atoms. The van der Waals surface area contributed by atoms with E-state index < -0.39 is 0 Å². The van der Waals surface area contributed by atoms with E-state index in [2.05, 4.69) is 45.2 Å². The molecule has 1 heterocycles. The maximum Gasteiger partial charge on any atom is 0.133 e. The quantitative estimate of drug-likeness (QED) is 0.756. The second kappa shape index (κ2) is 8.76. The summed E-state index contributed by atoms with van der Waals surface area (Å²) < 4.78 is 6.33. The Kier molecular flexibility index (Phi) is 7.00. The summed E-state index contributed by atoms with van der Waals surface area (Å²) in [5.74, 6) is 1.76. The van der Waals surface area contributed by atoms with E-state index in [1.54, 1.807) is 7.11 Å². The lowest BCUT2D eigenvalue weighted by Crippen LogP contribution is -2.37. The van der Waals surface area contributed by atoms with E-state index in [0.29, 0.717) is 0 Å². The summed E-state index contributed by atoms with van der Waals surface area (Å²) >= 11 is 3.57. The van der Waals surface area contributed by atoms with Crippen molar-refractivity contribution >= 4 is 15.9 Å². The Hall–Kier alpha value is -0.580. The Labute approximate surface area is 137 Å². The highest BCUT2D eigenvalue weighted by atomic mass is 79.9. The van der Waals surface area contributed by atoms with Gasteiger partial charge in [0.25, 0.3) is 0 Å². The number of piperidine rings is 1. The number of nitrogens with one attached hydrogen (secondary N) is 1. The van der Waals surface area contributed by atoms with E-state index in [1.165, 1.54) is 44.5 Å². The Balaban J connectivity index is 1.77. The predicted molar refractivity (Wildman–Crippen MR) is 91.9 cm³/mol. The maximum atomic E-state index is 5.28. The number of methoxy groups -OCH3 is 1. The van der Waals surface area contributed by atoms with Gasteiger partial charge in [-0.1, -0.05) is 13.0 Å². The van der Waals surface area contributed by atoms with Crippen LogP contribution in [0.15, 0.2) is 22.7 Å². The van der Waals surface area contributed by atoms with Gasteiger partial charge < -0.3 is 10.1 Å². The van der Waals surface area contributed by atoms with E-state index in [1.807, 2.05) is 6.07 Å². The van der Waals surface area contributed by atoms with Gasteiger partial charge in [-0.25, -0.2) is 0 Å². The third-order valence-corrected chi connectivity index (χ3v) is 4.81. The number of hydrogen-bond acceptors (Lipinski definition) is 3. The van der Waals surface area contributed by atoms with Crippen molar-refractivity contribution in [3.63, 3.8) is 0 Å². The number of hydrogen-bond donors (Lipinski definition) is 1. The van der Waals surface area contributed by atoms with Crippen LogP contribution in [0.4, 0.5) is 0 Å². The average molecular weight is 355 g/mol. The Bertz CT molecular complexity index is 431. The van der Waals surface area contributed by atoms with E-state index in [0.717, 1.165) is 29.2 Å². The summed E-state index contributed by atoms with van der Waals surface area (Å²) in [7, 11) is 1.71. The fraction of sp³-hybridized carbons (Fsp3) is 0.647. The molecule has 2 rings (SSSR count). The van der Waals surface area contributed by atoms with Crippen molar-refractivity contribution in [3.05, 3.63) is 28.2 Å². The first kappa shape index (κ1) is 16.8. The zero-order valence-corrected chi connectivity index (χ0v) is 14.8. The van der Waals surface area contributed by atoms with Crippen LogP contribution in [0.25, 0.3) is 0 Å². The lowest BCUT2D eigenvalue weighted by Gasteiger charge is -2.32. The van der Waals surface area contributed by atoms with E-state index >= 15 is 0 Å². The van der Waals surface area contributed by atoms with Gasteiger partial charge in [0.2, 0.25) is 0 Å². The second-order valence-corrected chi connectivity index (χ2v) is 6.75. The summed E-state index contributed by atoms with van der Waals surface area (Å²) in [4.78, 5) is 2.56. The van der Waals surface area contributed by atoms with Crippen molar-refractivity contribution < 1.29 is 4.74 Å². The number of rotatable bonds is 7. The molecule has 4 heteroatoms. The van der Waals surface area contributed by atoms with E-state index in [-0.39, 0.29) is 0 Å². The van der Waals surface area contributed by atoms with Crippen molar-refractivity contribution in [3.8, 4) is 5.75 Å². The third-order valence-electron chi connectivity index (χ3n) is 4.19. The van der Waals surface area contributed by atoms with Crippen LogP contribution in [0.1, 0.15) is 31.7 Å². The molecule has 0 aromatic heterocycles. The maximum absolute atomic E-state index is 5.28. The fourth-order valence-corrected chi connectivity index (χ4v) is 3.49. The minimum Gasteiger partial charge on any atom is -0.496 e. The molecule has 0 saturated carbocycles. The zero-order chi connectivity index (χ0) is 15.1. The molecule has 1 aliphatic rings. The normalized spacial score (nSPS) is 17.1. The summed E-state index contributed by atoms with van der Waals surface area (Å²) in [6.07, 6.45) is 3.85. The molecule has 1 N–H and O–H groups in total. The number of halogens is 1. The van der Waals surface area contributed by atoms with Crippen LogP contribution >= 0.6 is 15.9 Å². The minimum atomic E-state index is 0.857. The van der Waals surface area contributed by atoms with Gasteiger partial charge >= 0.3 is 0 Å². The highest BCUT2D eigenvalue weighted by molar-refractivity contribution is 9.10. The monoisotopic (exact) mass is 354 g/mol. The topological polar surface area (TPSA) is 24.5 Å². The molecule has 0 amide bonds. The highest BCUT2D eigenvalue weighted by Gasteiger charge is 2.19. The minimum absolute atomic E-state index is 0.857. The SMILES string of the molecule is CCCNCC1CCN(Cc2ccc(OC)c(Br)c2)CC1. The molecule has 3 nitrogen and oxygen atoms in total. The van der Waals surface area contributed by atoms with Gasteiger partial charge in [-0.2, -0.15) is 0 Å². The number of likely N-dealkylation sites (tertiary alicyclic amines) is 1. The zero-order valence-electron chi connectivity index (χ0n) is 13.2. The lowest BCUT2D eigenvalue weighted by atomic mass is 9.96. The van der Waals surface area contributed by atoms with Crippen molar-refractivity contribution in [2.24, 2.45) is 5.92 Å². The van der Waals surface area contributed by atoms with Crippen molar-refractivity contribution in [2.75, 3.05) is 33.3 Å². The van der Waals surface area contributed by atoms with Gasteiger partial charge in [-0.05, 0) is 85.0 Å². The molecule has 1 saturated heterocycles. The molecule has 21 heavy (non-hydrogen) atoms. The van der Waals surface area contributed by atoms with Gasteiger partial charge in [-0.15, -0.1) is 0 Å².